The van der Waals surface area contributed by atoms with Crippen LogP contribution in [0.1, 0.15) is 5.56 Å². The quantitative estimate of drug-likeness (QED) is 0.865. The maximum Gasteiger partial charge on any atom is 0.516 e. The molecule has 0 atom stereocenters. The fraction of sp³-hybridized carbons (Fsp3) is 0.333. The van der Waals surface area contributed by atoms with Gasteiger partial charge in [-0.15, -0.1) is 0 Å². The van der Waals surface area contributed by atoms with Gasteiger partial charge in [-0.25, -0.2) is 13.1 Å². The van der Waals surface area contributed by atoms with Crippen molar-refractivity contribution in [3.63, 3.8) is 0 Å². The van der Waals surface area contributed by atoms with E-state index in [-0.39, 0.29) is 16.1 Å². The number of benzene rings is 1. The highest BCUT2D eigenvalue weighted by Crippen LogP contribution is 2.27. The Hall–Kier alpha value is -1.33. The third-order valence-corrected chi connectivity index (χ3v) is 4.84. The summed E-state index contributed by atoms with van der Waals surface area (Å²) in [4.78, 5) is -0.188. The zero-order chi connectivity index (χ0) is 15.8. The second-order valence-electron chi connectivity index (χ2n) is 3.74. The predicted molar refractivity (Wildman–Crippen MR) is 66.0 cm³/mol. The van der Waals surface area contributed by atoms with Crippen LogP contribution in [0.4, 0.5) is 18.9 Å². The Kier molecular flexibility index (Phi) is 4.36. The molecule has 0 aliphatic rings. The van der Waals surface area contributed by atoms with Crippen LogP contribution < -0.4 is 9.44 Å². The van der Waals surface area contributed by atoms with Gasteiger partial charge in [-0.05, 0) is 37.7 Å². The van der Waals surface area contributed by atoms with E-state index in [0.29, 0.717) is 0 Å². The summed E-state index contributed by atoms with van der Waals surface area (Å²) in [5.41, 5.74) is -5.76. The predicted octanol–water partition coefficient (Wildman–Crippen LogP) is 1.16. The first kappa shape index (κ1) is 16.7. The van der Waals surface area contributed by atoms with Crippen LogP contribution in [-0.4, -0.2) is 29.4 Å². The van der Waals surface area contributed by atoms with E-state index >= 15 is 0 Å². The van der Waals surface area contributed by atoms with Crippen molar-refractivity contribution < 1.29 is 30.0 Å². The molecule has 1 rings (SSSR count). The number of aryl methyl sites for hydroxylation is 1. The number of halogens is 3. The molecule has 114 valence electrons. The lowest BCUT2D eigenvalue weighted by molar-refractivity contribution is -0.0429. The first-order chi connectivity index (χ1) is 8.90. The monoisotopic (exact) mass is 332 g/mol. The summed E-state index contributed by atoms with van der Waals surface area (Å²) >= 11 is 0. The average Bonchev–Trinajstić information content (AvgIpc) is 2.30. The Morgan fingerprint density at radius 2 is 1.65 bits per heavy atom. The molecule has 11 heteroatoms. The van der Waals surface area contributed by atoms with Crippen molar-refractivity contribution in [2.24, 2.45) is 0 Å². The standard InChI is InChI=1S/C9H11F3N2O4S2/c1-6-5-7(19(15,16)13-2)3-4-8(6)14-20(17,18)9(10,11)12/h3-5,13-14H,1-2H3. The van der Waals surface area contributed by atoms with Gasteiger partial charge >= 0.3 is 15.5 Å². The molecule has 0 fully saturated rings. The van der Waals surface area contributed by atoms with Gasteiger partial charge in [-0.2, -0.15) is 21.6 Å². The van der Waals surface area contributed by atoms with Crippen molar-refractivity contribution >= 4 is 25.7 Å². The van der Waals surface area contributed by atoms with Crippen molar-refractivity contribution in [1.29, 1.82) is 0 Å². The van der Waals surface area contributed by atoms with Crippen LogP contribution in [0.15, 0.2) is 23.1 Å². The summed E-state index contributed by atoms with van der Waals surface area (Å²) in [7, 11) is -8.13. The van der Waals surface area contributed by atoms with Gasteiger partial charge in [0.2, 0.25) is 10.0 Å². The van der Waals surface area contributed by atoms with E-state index in [0.717, 1.165) is 18.2 Å². The van der Waals surface area contributed by atoms with Gasteiger partial charge in [0.25, 0.3) is 0 Å². The highest BCUT2D eigenvalue weighted by Gasteiger charge is 2.46. The molecule has 2 N–H and O–H groups in total. The van der Waals surface area contributed by atoms with E-state index in [9.17, 15) is 30.0 Å². The molecule has 0 saturated heterocycles. The third-order valence-electron chi connectivity index (χ3n) is 2.33. The van der Waals surface area contributed by atoms with Crippen LogP contribution in [0.25, 0.3) is 0 Å². The van der Waals surface area contributed by atoms with Crippen molar-refractivity contribution in [1.82, 2.24) is 4.72 Å². The van der Waals surface area contributed by atoms with Crippen LogP contribution in [-0.2, 0) is 20.0 Å². The summed E-state index contributed by atoms with van der Waals surface area (Å²) in [6.45, 7) is 1.28. The minimum Gasteiger partial charge on any atom is -0.276 e. The van der Waals surface area contributed by atoms with Gasteiger partial charge in [-0.3, -0.25) is 4.72 Å². The Morgan fingerprint density at radius 3 is 2.05 bits per heavy atom. The van der Waals surface area contributed by atoms with Crippen molar-refractivity contribution in [3.05, 3.63) is 23.8 Å². The second-order valence-corrected chi connectivity index (χ2v) is 7.30. The minimum atomic E-state index is -5.54. The van der Waals surface area contributed by atoms with Gasteiger partial charge in [0.15, 0.2) is 0 Å². The average molecular weight is 332 g/mol. The van der Waals surface area contributed by atoms with E-state index in [1.54, 1.807) is 0 Å². The molecule has 0 aliphatic carbocycles. The molecule has 0 aliphatic heterocycles. The second kappa shape index (κ2) is 5.22. The molecule has 6 nitrogen and oxygen atoms in total. The summed E-state index contributed by atoms with van der Waals surface area (Å²) in [6, 6.07) is 3.00. The number of hydrogen-bond acceptors (Lipinski definition) is 4. The lowest BCUT2D eigenvalue weighted by atomic mass is 10.2. The summed E-state index contributed by atoms with van der Waals surface area (Å²) in [5.74, 6) is 0. The van der Waals surface area contributed by atoms with Crippen molar-refractivity contribution in [2.45, 2.75) is 17.3 Å². The third kappa shape index (κ3) is 3.41. The summed E-state index contributed by atoms with van der Waals surface area (Å²) < 4.78 is 84.9. The van der Waals surface area contributed by atoms with Gasteiger partial charge in [-0.1, -0.05) is 0 Å². The Morgan fingerprint density at radius 1 is 1.10 bits per heavy atom. The van der Waals surface area contributed by atoms with Crippen molar-refractivity contribution in [3.8, 4) is 0 Å². The number of anilines is 1. The molecule has 0 spiro atoms. The molecule has 1 aromatic rings. The molecule has 0 saturated carbocycles. The van der Waals surface area contributed by atoms with E-state index in [2.05, 4.69) is 0 Å². The van der Waals surface area contributed by atoms with Crippen LogP contribution in [0.2, 0.25) is 0 Å². The lowest BCUT2D eigenvalue weighted by Crippen LogP contribution is -2.30. The number of nitrogens with one attached hydrogen (secondary N) is 2. The summed E-state index contributed by atoms with van der Waals surface area (Å²) in [6.07, 6.45) is 0. The van der Waals surface area contributed by atoms with E-state index in [4.69, 9.17) is 0 Å². The molecule has 0 amide bonds. The van der Waals surface area contributed by atoms with Crippen LogP contribution >= 0.6 is 0 Å². The topological polar surface area (TPSA) is 92.3 Å². The Balaban J connectivity index is 3.20. The van der Waals surface area contributed by atoms with Crippen molar-refractivity contribution in [2.75, 3.05) is 11.8 Å². The normalized spacial score (nSPS) is 13.2. The van der Waals surface area contributed by atoms with E-state index in [1.807, 2.05) is 4.72 Å². The van der Waals surface area contributed by atoms with E-state index < -0.39 is 25.6 Å². The lowest BCUT2D eigenvalue weighted by Gasteiger charge is -2.13. The summed E-state index contributed by atoms with van der Waals surface area (Å²) in [5, 5.41) is 0. The zero-order valence-electron chi connectivity index (χ0n) is 10.3. The Labute approximate surface area is 114 Å². The Bertz CT molecular complexity index is 711. The smallest absolute Gasteiger partial charge is 0.276 e. The minimum absolute atomic E-state index is 0.0363. The molecule has 20 heavy (non-hydrogen) atoms. The molecular weight excluding hydrogens is 321 g/mol. The number of sulfonamides is 2. The SMILES string of the molecule is CNS(=O)(=O)c1ccc(NS(=O)(=O)C(F)(F)F)c(C)c1. The van der Waals surface area contributed by atoms with E-state index in [1.165, 1.54) is 18.7 Å². The van der Waals surface area contributed by atoms with Crippen LogP contribution in [0.5, 0.6) is 0 Å². The molecule has 0 unspecified atom stereocenters. The van der Waals surface area contributed by atoms with Crippen LogP contribution in [0, 0.1) is 6.92 Å². The van der Waals surface area contributed by atoms with Gasteiger partial charge in [0.1, 0.15) is 0 Å². The fourth-order valence-corrected chi connectivity index (χ4v) is 2.69. The molecule has 0 bridgehead atoms. The van der Waals surface area contributed by atoms with Crippen LogP contribution in [0.3, 0.4) is 0 Å². The van der Waals surface area contributed by atoms with Gasteiger partial charge < -0.3 is 0 Å². The maximum atomic E-state index is 12.2. The highest BCUT2D eigenvalue weighted by atomic mass is 32.2. The molecule has 0 heterocycles. The number of hydrogen-bond donors (Lipinski definition) is 2. The van der Waals surface area contributed by atoms with Gasteiger partial charge in [0, 0.05) is 0 Å². The molecule has 1 aromatic carbocycles. The molecular formula is C9H11F3N2O4S2. The number of alkyl halides is 3. The largest absolute Gasteiger partial charge is 0.516 e. The molecule has 0 aromatic heterocycles. The van der Waals surface area contributed by atoms with Gasteiger partial charge in [0.05, 0.1) is 10.6 Å². The number of rotatable bonds is 4. The fourth-order valence-electron chi connectivity index (χ4n) is 1.24. The first-order valence-corrected chi connectivity index (χ1v) is 8.00. The first-order valence-electron chi connectivity index (χ1n) is 5.04. The highest BCUT2D eigenvalue weighted by molar-refractivity contribution is 7.93. The molecule has 0 radical (unpaired) electrons. The maximum absolute atomic E-state index is 12.2. The zero-order valence-corrected chi connectivity index (χ0v) is 11.9.